The van der Waals surface area contributed by atoms with Crippen LogP contribution in [-0.4, -0.2) is 39.5 Å². The van der Waals surface area contributed by atoms with E-state index in [9.17, 15) is 18.0 Å². The maximum absolute atomic E-state index is 12.6. The third-order valence-corrected chi connectivity index (χ3v) is 6.38. The number of halogens is 1. The molecule has 0 radical (unpaired) electrons. The minimum Gasteiger partial charge on any atom is -0.489 e. The van der Waals surface area contributed by atoms with Gasteiger partial charge in [0.15, 0.2) is 11.5 Å². The Hall–Kier alpha value is -2.82. The van der Waals surface area contributed by atoms with Gasteiger partial charge in [-0.05, 0) is 48.9 Å². The van der Waals surface area contributed by atoms with Crippen molar-refractivity contribution in [2.45, 2.75) is 37.8 Å². The van der Waals surface area contributed by atoms with Crippen LogP contribution in [0.25, 0.3) is 0 Å². The number of benzene rings is 2. The zero-order valence-electron chi connectivity index (χ0n) is 17.6. The van der Waals surface area contributed by atoms with Gasteiger partial charge in [0.2, 0.25) is 21.8 Å². The summed E-state index contributed by atoms with van der Waals surface area (Å²) in [5.41, 5.74) is 1.16. The number of anilines is 1. The topological polar surface area (TPSA) is 123 Å². The number of carbonyl (C=O) groups excluding carboxylic acids is 2. The number of rotatable bonds is 7. The molecule has 2 amide bonds. The first-order valence-electron chi connectivity index (χ1n) is 9.91. The van der Waals surface area contributed by atoms with E-state index < -0.39 is 22.0 Å². The second-order valence-electron chi connectivity index (χ2n) is 7.22. The SMILES string of the molecule is CC(=O)Nc1ccc(S(=O)(=O)N[C@@H](C)C(=O)NCc2cc(Cl)c3c(c2)OCCCO3)cc1. The summed E-state index contributed by atoms with van der Waals surface area (Å²) >= 11 is 6.26. The van der Waals surface area contributed by atoms with E-state index in [1.807, 2.05) is 0 Å². The first kappa shape index (κ1) is 23.8. The molecule has 0 aromatic heterocycles. The van der Waals surface area contributed by atoms with E-state index in [-0.39, 0.29) is 17.3 Å². The zero-order chi connectivity index (χ0) is 23.3. The molecule has 0 aliphatic carbocycles. The molecule has 11 heteroatoms. The largest absolute Gasteiger partial charge is 0.489 e. The van der Waals surface area contributed by atoms with Crippen LogP contribution >= 0.6 is 11.6 Å². The van der Waals surface area contributed by atoms with Gasteiger partial charge in [-0.15, -0.1) is 0 Å². The molecule has 0 saturated heterocycles. The lowest BCUT2D eigenvalue weighted by Gasteiger charge is -2.16. The van der Waals surface area contributed by atoms with Crippen molar-refractivity contribution < 1.29 is 27.5 Å². The zero-order valence-corrected chi connectivity index (χ0v) is 19.2. The Morgan fingerprint density at radius 3 is 2.50 bits per heavy atom. The van der Waals surface area contributed by atoms with E-state index in [0.717, 1.165) is 6.42 Å². The third kappa shape index (κ3) is 6.12. The molecule has 3 rings (SSSR count). The van der Waals surface area contributed by atoms with E-state index in [4.69, 9.17) is 21.1 Å². The van der Waals surface area contributed by atoms with Gasteiger partial charge in [-0.2, -0.15) is 4.72 Å². The van der Waals surface area contributed by atoms with Gasteiger partial charge in [0, 0.05) is 25.6 Å². The Morgan fingerprint density at radius 2 is 1.81 bits per heavy atom. The monoisotopic (exact) mass is 481 g/mol. The standard InChI is InChI=1S/C21H24ClN3O6S/c1-13(25-32(28,29)17-6-4-16(5-7-17)24-14(2)26)21(27)23-12-15-10-18(22)20-19(11-15)30-8-3-9-31-20/h4-7,10-11,13,25H,3,8-9,12H2,1-2H3,(H,23,27)(H,24,26)/t13-/m0/s1. The lowest BCUT2D eigenvalue weighted by molar-refractivity contribution is -0.122. The second-order valence-corrected chi connectivity index (χ2v) is 9.34. The quantitative estimate of drug-likeness (QED) is 0.558. The predicted octanol–water partition coefficient (Wildman–Crippen LogP) is 2.44. The van der Waals surface area contributed by atoms with Crippen molar-refractivity contribution in [1.29, 1.82) is 0 Å². The first-order chi connectivity index (χ1) is 15.2. The van der Waals surface area contributed by atoms with Crippen molar-refractivity contribution in [3.05, 3.63) is 47.0 Å². The van der Waals surface area contributed by atoms with Crippen molar-refractivity contribution >= 4 is 39.1 Å². The van der Waals surface area contributed by atoms with Crippen molar-refractivity contribution in [1.82, 2.24) is 10.0 Å². The highest BCUT2D eigenvalue weighted by molar-refractivity contribution is 7.89. The number of hydrogen-bond acceptors (Lipinski definition) is 6. The van der Waals surface area contributed by atoms with E-state index in [1.54, 1.807) is 12.1 Å². The van der Waals surface area contributed by atoms with Crippen LogP contribution in [-0.2, 0) is 26.2 Å². The Balaban J connectivity index is 1.60. The van der Waals surface area contributed by atoms with Crippen LogP contribution in [0.2, 0.25) is 5.02 Å². The van der Waals surface area contributed by atoms with Crippen molar-refractivity contribution in [2.24, 2.45) is 0 Å². The number of fused-ring (bicyclic) bond motifs is 1. The summed E-state index contributed by atoms with van der Waals surface area (Å²) in [6.45, 7) is 3.94. The molecule has 32 heavy (non-hydrogen) atoms. The molecule has 1 heterocycles. The van der Waals surface area contributed by atoms with Gasteiger partial charge < -0.3 is 20.1 Å². The summed E-state index contributed by atoms with van der Waals surface area (Å²) in [6.07, 6.45) is 0.741. The molecule has 2 aromatic carbocycles. The smallest absolute Gasteiger partial charge is 0.241 e. The summed E-state index contributed by atoms with van der Waals surface area (Å²) < 4.78 is 38.7. The number of hydrogen-bond donors (Lipinski definition) is 3. The van der Waals surface area contributed by atoms with Crippen LogP contribution in [0.15, 0.2) is 41.3 Å². The Bertz CT molecular complexity index is 1110. The summed E-state index contributed by atoms with van der Waals surface area (Å²) in [4.78, 5) is 23.5. The highest BCUT2D eigenvalue weighted by atomic mass is 35.5. The van der Waals surface area contributed by atoms with Crippen LogP contribution in [0.1, 0.15) is 25.8 Å². The maximum atomic E-state index is 12.6. The van der Waals surface area contributed by atoms with Gasteiger partial charge in [0.25, 0.3) is 0 Å². The van der Waals surface area contributed by atoms with Gasteiger partial charge in [0.05, 0.1) is 29.2 Å². The molecule has 0 bridgehead atoms. The lowest BCUT2D eigenvalue weighted by atomic mass is 10.2. The van der Waals surface area contributed by atoms with Gasteiger partial charge in [-0.3, -0.25) is 9.59 Å². The number of ether oxygens (including phenoxy) is 2. The van der Waals surface area contributed by atoms with Gasteiger partial charge >= 0.3 is 0 Å². The fourth-order valence-electron chi connectivity index (χ4n) is 3.00. The Labute approximate surface area is 191 Å². The molecule has 0 spiro atoms. The van der Waals surface area contributed by atoms with Crippen molar-refractivity contribution in [3.8, 4) is 11.5 Å². The molecule has 0 fully saturated rings. The molecule has 1 atom stereocenters. The van der Waals surface area contributed by atoms with E-state index in [1.165, 1.54) is 38.1 Å². The first-order valence-corrected chi connectivity index (χ1v) is 11.8. The minimum absolute atomic E-state index is 0.0269. The molecule has 0 saturated carbocycles. The third-order valence-electron chi connectivity index (χ3n) is 4.54. The summed E-state index contributed by atoms with van der Waals surface area (Å²) in [6, 6.07) is 8.00. The minimum atomic E-state index is -3.94. The Morgan fingerprint density at radius 1 is 1.12 bits per heavy atom. The van der Waals surface area contributed by atoms with Crippen molar-refractivity contribution in [3.63, 3.8) is 0 Å². The molecule has 2 aromatic rings. The number of carbonyl (C=O) groups is 2. The predicted molar refractivity (Wildman–Crippen MR) is 119 cm³/mol. The van der Waals surface area contributed by atoms with Gasteiger partial charge in [-0.25, -0.2) is 8.42 Å². The van der Waals surface area contributed by atoms with Crippen LogP contribution in [0.4, 0.5) is 5.69 Å². The lowest BCUT2D eigenvalue weighted by Crippen LogP contribution is -2.44. The fraction of sp³-hybridized carbons (Fsp3) is 0.333. The van der Waals surface area contributed by atoms with Crippen LogP contribution in [0.3, 0.4) is 0 Å². The Kier molecular flexibility index (Phi) is 7.60. The summed E-state index contributed by atoms with van der Waals surface area (Å²) in [5, 5.41) is 5.62. The number of amides is 2. The van der Waals surface area contributed by atoms with Crippen molar-refractivity contribution in [2.75, 3.05) is 18.5 Å². The fourth-order valence-corrected chi connectivity index (χ4v) is 4.49. The van der Waals surface area contributed by atoms with Gasteiger partial charge in [-0.1, -0.05) is 11.6 Å². The molecule has 9 nitrogen and oxygen atoms in total. The molecule has 172 valence electrons. The van der Waals surface area contributed by atoms with E-state index in [2.05, 4.69) is 15.4 Å². The normalized spacial score (nSPS) is 14.2. The van der Waals surface area contributed by atoms with Crippen LogP contribution < -0.4 is 24.8 Å². The highest BCUT2D eigenvalue weighted by Gasteiger charge is 2.22. The molecule has 3 N–H and O–H groups in total. The van der Waals surface area contributed by atoms with Crippen LogP contribution in [0, 0.1) is 0 Å². The number of sulfonamides is 1. The molecule has 1 aliphatic rings. The average molecular weight is 482 g/mol. The van der Waals surface area contributed by atoms with Gasteiger partial charge in [0.1, 0.15) is 0 Å². The maximum Gasteiger partial charge on any atom is 0.241 e. The summed E-state index contributed by atoms with van der Waals surface area (Å²) in [7, 11) is -3.94. The highest BCUT2D eigenvalue weighted by Crippen LogP contribution is 2.37. The molecule has 0 unspecified atom stereocenters. The molecule has 1 aliphatic heterocycles. The second kappa shape index (κ2) is 10.2. The molecular weight excluding hydrogens is 458 g/mol. The molecular formula is C21H24ClN3O6S. The average Bonchev–Trinajstić information content (AvgIpc) is 2.97. The van der Waals surface area contributed by atoms with E-state index >= 15 is 0 Å². The van der Waals surface area contributed by atoms with E-state index in [0.29, 0.717) is 41.0 Å². The van der Waals surface area contributed by atoms with Crippen LogP contribution in [0.5, 0.6) is 11.5 Å². The summed E-state index contributed by atoms with van der Waals surface area (Å²) in [5.74, 6) is 0.214. The number of nitrogens with one attached hydrogen (secondary N) is 3.